The highest BCUT2D eigenvalue weighted by Crippen LogP contribution is 2.38. The first-order chi connectivity index (χ1) is 20.5. The molecule has 8 heteroatoms. The molecule has 1 aliphatic rings. The van der Waals surface area contributed by atoms with Crippen molar-refractivity contribution in [2.45, 2.75) is 37.4 Å². The van der Waals surface area contributed by atoms with Crippen LogP contribution in [-0.2, 0) is 17.2 Å². The second kappa shape index (κ2) is 12.4. The Morgan fingerprint density at radius 1 is 0.929 bits per heavy atom. The van der Waals surface area contributed by atoms with E-state index in [4.69, 9.17) is 14.8 Å². The van der Waals surface area contributed by atoms with E-state index in [0.717, 1.165) is 34.0 Å². The van der Waals surface area contributed by atoms with Gasteiger partial charge in [0.2, 0.25) is 11.1 Å². The molecule has 1 aliphatic heterocycles. The maximum atomic E-state index is 13.8. The zero-order valence-electron chi connectivity index (χ0n) is 23.5. The van der Waals surface area contributed by atoms with Crippen LogP contribution in [0.15, 0.2) is 126 Å². The summed E-state index contributed by atoms with van der Waals surface area (Å²) in [4.78, 5) is 18.6. The number of ether oxygens (including phenoxy) is 1. The van der Waals surface area contributed by atoms with Gasteiger partial charge in [-0.25, -0.2) is 4.68 Å². The summed E-state index contributed by atoms with van der Waals surface area (Å²) >= 11 is 1.56. The van der Waals surface area contributed by atoms with Gasteiger partial charge in [0.1, 0.15) is 18.4 Å². The van der Waals surface area contributed by atoms with Crippen LogP contribution in [0, 0.1) is 6.92 Å². The molecule has 0 fully saturated rings. The minimum absolute atomic E-state index is 0.206. The van der Waals surface area contributed by atoms with Crippen LogP contribution >= 0.6 is 11.8 Å². The van der Waals surface area contributed by atoms with Gasteiger partial charge >= 0.3 is 0 Å². The summed E-state index contributed by atoms with van der Waals surface area (Å²) in [5.74, 6) is 1.85. The van der Waals surface area contributed by atoms with E-state index in [1.165, 1.54) is 11.1 Å². The normalized spacial score (nSPS) is 14.2. The summed E-state index contributed by atoms with van der Waals surface area (Å²) in [6.45, 7) is 4.43. The molecule has 1 atom stereocenters. The summed E-state index contributed by atoms with van der Waals surface area (Å²) in [6, 6.07) is 35.3. The third-order valence-corrected chi connectivity index (χ3v) is 8.06. The molecular weight excluding hydrogens is 542 g/mol. The SMILES string of the molecule is CC1=C(C(=O)Nc2ccccc2)C(c2cccc(OCc3ccccc3C)c2)n2nc(SCc3ccccc3)nc2N1. The van der Waals surface area contributed by atoms with E-state index >= 15 is 0 Å². The number of benzene rings is 4. The second-order valence-corrected chi connectivity index (χ2v) is 11.1. The van der Waals surface area contributed by atoms with Crippen LogP contribution in [0.4, 0.5) is 11.6 Å². The van der Waals surface area contributed by atoms with E-state index in [9.17, 15) is 4.79 Å². The predicted molar refractivity (Wildman–Crippen MR) is 168 cm³/mol. The van der Waals surface area contributed by atoms with Gasteiger partial charge in [-0.3, -0.25) is 4.79 Å². The van der Waals surface area contributed by atoms with Gasteiger partial charge in [0, 0.05) is 17.1 Å². The molecule has 1 aromatic heterocycles. The van der Waals surface area contributed by atoms with E-state index in [1.54, 1.807) is 16.4 Å². The first-order valence-electron chi connectivity index (χ1n) is 13.8. The maximum Gasteiger partial charge on any atom is 0.255 e. The topological polar surface area (TPSA) is 81.1 Å². The summed E-state index contributed by atoms with van der Waals surface area (Å²) in [5.41, 5.74) is 6.38. The lowest BCUT2D eigenvalue weighted by atomic mass is 9.95. The van der Waals surface area contributed by atoms with Gasteiger partial charge in [-0.15, -0.1) is 5.10 Å². The fourth-order valence-corrected chi connectivity index (χ4v) is 5.73. The van der Waals surface area contributed by atoms with Gasteiger partial charge in [0.25, 0.3) is 5.91 Å². The number of nitrogens with zero attached hydrogens (tertiary/aromatic N) is 3. The van der Waals surface area contributed by atoms with Crippen molar-refractivity contribution in [3.8, 4) is 5.75 Å². The Bertz CT molecular complexity index is 1730. The Morgan fingerprint density at radius 3 is 2.45 bits per heavy atom. The summed E-state index contributed by atoms with van der Waals surface area (Å²) in [6.07, 6.45) is 0. The zero-order valence-corrected chi connectivity index (χ0v) is 24.3. The van der Waals surface area contributed by atoms with Crippen molar-refractivity contribution in [3.63, 3.8) is 0 Å². The quantitative estimate of drug-likeness (QED) is 0.179. The Hall–Kier alpha value is -4.82. The first-order valence-corrected chi connectivity index (χ1v) is 14.8. The van der Waals surface area contributed by atoms with Crippen LogP contribution in [0.3, 0.4) is 0 Å². The van der Waals surface area contributed by atoms with Gasteiger partial charge in [-0.1, -0.05) is 96.7 Å². The Morgan fingerprint density at radius 2 is 1.67 bits per heavy atom. The Balaban J connectivity index is 1.33. The number of thioether (sulfide) groups is 1. The number of nitrogens with one attached hydrogen (secondary N) is 2. The molecule has 2 N–H and O–H groups in total. The lowest BCUT2D eigenvalue weighted by molar-refractivity contribution is -0.113. The number of fused-ring (bicyclic) bond motifs is 1. The molecule has 0 spiro atoms. The van der Waals surface area contributed by atoms with Crippen LogP contribution in [0.25, 0.3) is 0 Å². The fraction of sp³-hybridized carbons (Fsp3) is 0.147. The fourth-order valence-electron chi connectivity index (χ4n) is 4.94. The standard InChI is InChI=1S/C34H31N5O2S/c1-23-12-9-10-15-27(23)21-41-29-19-11-16-26(20-29)31-30(32(40)36-28-17-7-4-8-18-28)24(2)35-33-37-34(38-39(31)33)42-22-25-13-5-3-6-14-25/h3-20,31H,21-22H2,1-2H3,(H,36,40)(H,35,37,38). The van der Waals surface area contributed by atoms with Crippen molar-refractivity contribution in [3.05, 3.63) is 143 Å². The van der Waals surface area contributed by atoms with E-state index in [-0.39, 0.29) is 5.91 Å². The molecule has 0 aliphatic carbocycles. The van der Waals surface area contributed by atoms with Gasteiger partial charge in [0.05, 0.1) is 5.57 Å². The van der Waals surface area contributed by atoms with Crippen molar-refractivity contribution in [1.29, 1.82) is 0 Å². The number of carbonyl (C=O) groups excluding carboxylic acids is 1. The first kappa shape index (κ1) is 27.4. The molecule has 7 nitrogen and oxygen atoms in total. The monoisotopic (exact) mass is 573 g/mol. The molecule has 1 amide bonds. The summed E-state index contributed by atoms with van der Waals surface area (Å²) in [7, 11) is 0. The van der Waals surface area contributed by atoms with Crippen molar-refractivity contribution in [2.75, 3.05) is 10.6 Å². The highest BCUT2D eigenvalue weighted by molar-refractivity contribution is 7.98. The molecule has 210 valence electrons. The highest BCUT2D eigenvalue weighted by atomic mass is 32.2. The van der Waals surface area contributed by atoms with Crippen molar-refractivity contribution < 1.29 is 9.53 Å². The van der Waals surface area contributed by atoms with E-state index in [0.29, 0.717) is 23.3 Å². The highest BCUT2D eigenvalue weighted by Gasteiger charge is 2.34. The molecular formula is C34H31N5O2S. The third-order valence-electron chi connectivity index (χ3n) is 7.15. The molecule has 5 aromatic rings. The average Bonchev–Trinajstić information content (AvgIpc) is 3.42. The summed E-state index contributed by atoms with van der Waals surface area (Å²) < 4.78 is 8.03. The molecule has 4 aromatic carbocycles. The molecule has 6 rings (SSSR count). The van der Waals surface area contributed by atoms with Gasteiger partial charge in [0.15, 0.2) is 0 Å². The third kappa shape index (κ3) is 6.09. The number of anilines is 2. The minimum Gasteiger partial charge on any atom is -0.489 e. The number of carbonyl (C=O) groups is 1. The number of aryl methyl sites for hydroxylation is 1. The number of hydrogen-bond acceptors (Lipinski definition) is 6. The van der Waals surface area contributed by atoms with E-state index < -0.39 is 6.04 Å². The van der Waals surface area contributed by atoms with E-state index in [2.05, 4.69) is 41.8 Å². The summed E-state index contributed by atoms with van der Waals surface area (Å²) in [5, 5.41) is 11.9. The molecule has 1 unspecified atom stereocenters. The Labute approximate surface area is 249 Å². The molecule has 0 saturated heterocycles. The smallest absolute Gasteiger partial charge is 0.255 e. The van der Waals surface area contributed by atoms with Crippen LogP contribution in [0.5, 0.6) is 5.75 Å². The number of amides is 1. The largest absolute Gasteiger partial charge is 0.489 e. The molecule has 0 saturated carbocycles. The number of rotatable bonds is 9. The lowest BCUT2D eigenvalue weighted by Gasteiger charge is -2.29. The van der Waals surface area contributed by atoms with Gasteiger partial charge < -0.3 is 15.4 Å². The minimum atomic E-state index is -0.509. The zero-order chi connectivity index (χ0) is 28.9. The van der Waals surface area contributed by atoms with Crippen LogP contribution in [0.1, 0.15) is 35.2 Å². The van der Waals surface area contributed by atoms with Gasteiger partial charge in [-0.05, 0) is 60.4 Å². The Kier molecular flexibility index (Phi) is 8.05. The van der Waals surface area contributed by atoms with Crippen molar-refractivity contribution >= 4 is 29.3 Å². The molecule has 0 radical (unpaired) electrons. The number of hydrogen-bond donors (Lipinski definition) is 2. The number of para-hydroxylation sites is 1. The maximum absolute atomic E-state index is 13.8. The van der Waals surface area contributed by atoms with Crippen LogP contribution < -0.4 is 15.4 Å². The lowest BCUT2D eigenvalue weighted by Crippen LogP contribution is -2.31. The molecule has 2 heterocycles. The van der Waals surface area contributed by atoms with Crippen molar-refractivity contribution in [1.82, 2.24) is 14.8 Å². The second-order valence-electron chi connectivity index (χ2n) is 10.1. The van der Waals surface area contributed by atoms with Crippen LogP contribution in [-0.4, -0.2) is 20.7 Å². The molecule has 0 bridgehead atoms. The van der Waals surface area contributed by atoms with E-state index in [1.807, 2.05) is 91.9 Å². The van der Waals surface area contributed by atoms with Crippen molar-refractivity contribution in [2.24, 2.45) is 0 Å². The average molecular weight is 574 g/mol. The molecule has 42 heavy (non-hydrogen) atoms. The predicted octanol–water partition coefficient (Wildman–Crippen LogP) is 7.39. The number of aromatic nitrogens is 3. The van der Waals surface area contributed by atoms with Crippen LogP contribution in [0.2, 0.25) is 0 Å². The van der Waals surface area contributed by atoms with Gasteiger partial charge in [-0.2, -0.15) is 4.98 Å². The number of allylic oxidation sites excluding steroid dienone is 1.